The van der Waals surface area contributed by atoms with Gasteiger partial charge in [0.25, 0.3) is 0 Å². The number of hydrogen-bond donors (Lipinski definition) is 1. The summed E-state index contributed by atoms with van der Waals surface area (Å²) in [6.07, 6.45) is 4.60. The number of hydrogen-bond acceptors (Lipinski definition) is 4. The molecule has 0 radical (unpaired) electrons. The lowest BCUT2D eigenvalue weighted by molar-refractivity contribution is -0.0575. The predicted octanol–water partition coefficient (Wildman–Crippen LogP) is 2.57. The number of ether oxygens (including phenoxy) is 3. The average Bonchev–Trinajstić information content (AvgIpc) is 2.49. The molecule has 20 heavy (non-hydrogen) atoms. The summed E-state index contributed by atoms with van der Waals surface area (Å²) in [4.78, 5) is 0. The number of aliphatic hydroxyl groups excluding tert-OH is 1. The van der Waals surface area contributed by atoms with Gasteiger partial charge in [0.15, 0.2) is 11.5 Å². The molecule has 1 aromatic carbocycles. The van der Waals surface area contributed by atoms with Crippen molar-refractivity contribution in [2.45, 2.75) is 44.3 Å². The Morgan fingerprint density at radius 3 is 2.55 bits per heavy atom. The van der Waals surface area contributed by atoms with Gasteiger partial charge in [-0.2, -0.15) is 0 Å². The normalized spacial score (nSPS) is 22.6. The lowest BCUT2D eigenvalue weighted by Crippen LogP contribution is -2.32. The predicted molar refractivity (Wildman–Crippen MR) is 77.5 cm³/mol. The molecule has 0 aliphatic heterocycles. The van der Waals surface area contributed by atoms with E-state index >= 15 is 0 Å². The van der Waals surface area contributed by atoms with Gasteiger partial charge >= 0.3 is 0 Å². The molecule has 0 saturated heterocycles. The van der Waals surface area contributed by atoms with E-state index in [9.17, 15) is 5.11 Å². The summed E-state index contributed by atoms with van der Waals surface area (Å²) in [7, 11) is 3.27. The molecule has 2 atom stereocenters. The Morgan fingerprint density at radius 1 is 1.10 bits per heavy atom. The first-order valence-electron chi connectivity index (χ1n) is 7.25. The van der Waals surface area contributed by atoms with Crippen LogP contribution < -0.4 is 9.47 Å². The molecule has 0 unspecified atom stereocenters. The van der Waals surface area contributed by atoms with Crippen molar-refractivity contribution in [3.8, 4) is 11.5 Å². The van der Waals surface area contributed by atoms with Crippen LogP contribution in [0.25, 0.3) is 0 Å². The first-order chi connectivity index (χ1) is 9.74. The topological polar surface area (TPSA) is 47.9 Å². The van der Waals surface area contributed by atoms with Gasteiger partial charge < -0.3 is 19.3 Å². The largest absolute Gasteiger partial charge is 0.493 e. The van der Waals surface area contributed by atoms with Gasteiger partial charge in [0.2, 0.25) is 0 Å². The molecule has 0 bridgehead atoms. The van der Waals surface area contributed by atoms with E-state index in [4.69, 9.17) is 14.2 Å². The van der Waals surface area contributed by atoms with Gasteiger partial charge in [-0.3, -0.25) is 0 Å². The van der Waals surface area contributed by atoms with Crippen molar-refractivity contribution in [1.29, 1.82) is 0 Å². The molecule has 1 saturated carbocycles. The third kappa shape index (κ3) is 3.87. The van der Waals surface area contributed by atoms with Crippen LogP contribution in [0, 0.1) is 0 Å². The van der Waals surface area contributed by atoms with Crippen molar-refractivity contribution in [3.63, 3.8) is 0 Å². The molecule has 1 fully saturated rings. The Morgan fingerprint density at radius 2 is 1.85 bits per heavy atom. The number of rotatable bonds is 6. The van der Waals surface area contributed by atoms with Crippen LogP contribution in [0.2, 0.25) is 0 Å². The molecule has 0 aromatic heterocycles. The van der Waals surface area contributed by atoms with E-state index in [1.807, 2.05) is 18.2 Å². The van der Waals surface area contributed by atoms with Gasteiger partial charge in [-0.15, -0.1) is 0 Å². The van der Waals surface area contributed by atoms with Crippen LogP contribution in [0.3, 0.4) is 0 Å². The molecule has 1 aliphatic rings. The minimum absolute atomic E-state index is 0.00361. The van der Waals surface area contributed by atoms with Crippen LogP contribution in [0.1, 0.15) is 31.2 Å². The van der Waals surface area contributed by atoms with Crippen molar-refractivity contribution < 1.29 is 19.3 Å². The first kappa shape index (κ1) is 15.1. The minimum atomic E-state index is -0.297. The van der Waals surface area contributed by atoms with E-state index in [-0.39, 0.29) is 12.2 Å². The summed E-state index contributed by atoms with van der Waals surface area (Å²) in [6, 6.07) is 5.89. The fourth-order valence-corrected chi connectivity index (χ4v) is 2.64. The van der Waals surface area contributed by atoms with Crippen molar-refractivity contribution in [2.24, 2.45) is 0 Å². The standard InChI is InChI=1S/C16H24O4/c1-18-15-8-7-12(11-16(15)19-2)9-10-20-14-6-4-3-5-13(14)17/h7-8,11,13-14,17H,3-6,9-10H2,1-2H3/t13-,14+/m0/s1. The van der Waals surface area contributed by atoms with Gasteiger partial charge in [-0.05, 0) is 37.0 Å². The zero-order valence-corrected chi connectivity index (χ0v) is 12.3. The summed E-state index contributed by atoms with van der Waals surface area (Å²) in [5, 5.41) is 9.86. The van der Waals surface area contributed by atoms with Crippen LogP contribution in [-0.2, 0) is 11.2 Å². The van der Waals surface area contributed by atoms with Gasteiger partial charge in [0.1, 0.15) is 0 Å². The Balaban J connectivity index is 1.84. The van der Waals surface area contributed by atoms with Crippen LogP contribution in [-0.4, -0.2) is 38.1 Å². The molecule has 4 heteroatoms. The van der Waals surface area contributed by atoms with Gasteiger partial charge in [-0.1, -0.05) is 18.9 Å². The second-order valence-electron chi connectivity index (χ2n) is 5.20. The molecule has 4 nitrogen and oxygen atoms in total. The van der Waals surface area contributed by atoms with Gasteiger partial charge in [0.05, 0.1) is 33.0 Å². The van der Waals surface area contributed by atoms with Crippen LogP contribution >= 0.6 is 0 Å². The SMILES string of the molecule is COc1ccc(CCO[C@@H]2CCCC[C@@H]2O)cc1OC. The van der Waals surface area contributed by atoms with E-state index in [0.717, 1.165) is 49.2 Å². The zero-order chi connectivity index (χ0) is 14.4. The molecule has 2 rings (SSSR count). The van der Waals surface area contributed by atoms with Crippen LogP contribution in [0.5, 0.6) is 11.5 Å². The highest BCUT2D eigenvalue weighted by atomic mass is 16.5. The molecular formula is C16H24O4. The molecule has 112 valence electrons. The highest BCUT2D eigenvalue weighted by Crippen LogP contribution is 2.28. The highest BCUT2D eigenvalue weighted by molar-refractivity contribution is 5.42. The maximum atomic E-state index is 9.86. The molecule has 1 aliphatic carbocycles. The van der Waals surface area contributed by atoms with Gasteiger partial charge in [0, 0.05) is 0 Å². The third-order valence-corrected chi connectivity index (χ3v) is 3.84. The number of benzene rings is 1. The third-order valence-electron chi connectivity index (χ3n) is 3.84. The van der Waals surface area contributed by atoms with E-state index in [1.165, 1.54) is 0 Å². The van der Waals surface area contributed by atoms with E-state index in [0.29, 0.717) is 6.61 Å². The number of methoxy groups -OCH3 is 2. The van der Waals surface area contributed by atoms with E-state index in [2.05, 4.69) is 0 Å². The summed E-state index contributed by atoms with van der Waals surface area (Å²) < 4.78 is 16.3. The Labute approximate surface area is 120 Å². The van der Waals surface area contributed by atoms with Crippen LogP contribution in [0.4, 0.5) is 0 Å². The molecule has 0 heterocycles. The summed E-state index contributed by atoms with van der Waals surface area (Å²) in [5.41, 5.74) is 1.15. The lowest BCUT2D eigenvalue weighted by Gasteiger charge is -2.27. The van der Waals surface area contributed by atoms with Crippen molar-refractivity contribution in [2.75, 3.05) is 20.8 Å². The minimum Gasteiger partial charge on any atom is -0.493 e. The maximum absolute atomic E-state index is 9.86. The van der Waals surface area contributed by atoms with Crippen LogP contribution in [0.15, 0.2) is 18.2 Å². The second-order valence-corrected chi connectivity index (χ2v) is 5.20. The monoisotopic (exact) mass is 280 g/mol. The van der Waals surface area contributed by atoms with Gasteiger partial charge in [-0.25, -0.2) is 0 Å². The average molecular weight is 280 g/mol. The fourth-order valence-electron chi connectivity index (χ4n) is 2.64. The quantitative estimate of drug-likeness (QED) is 0.870. The molecule has 0 spiro atoms. The summed E-state index contributed by atoms with van der Waals surface area (Å²) in [5.74, 6) is 1.47. The van der Waals surface area contributed by atoms with E-state index < -0.39 is 0 Å². The Bertz CT molecular complexity index is 419. The van der Waals surface area contributed by atoms with Crippen molar-refractivity contribution in [1.82, 2.24) is 0 Å². The molecule has 0 amide bonds. The molecule has 1 aromatic rings. The second kappa shape index (κ2) is 7.50. The summed E-state index contributed by atoms with van der Waals surface area (Å²) in [6.45, 7) is 0.622. The fraction of sp³-hybridized carbons (Fsp3) is 0.625. The summed E-state index contributed by atoms with van der Waals surface area (Å²) >= 11 is 0. The Hall–Kier alpha value is -1.26. The molecular weight excluding hydrogens is 256 g/mol. The van der Waals surface area contributed by atoms with Crippen molar-refractivity contribution >= 4 is 0 Å². The zero-order valence-electron chi connectivity index (χ0n) is 12.3. The van der Waals surface area contributed by atoms with Crippen molar-refractivity contribution in [3.05, 3.63) is 23.8 Å². The smallest absolute Gasteiger partial charge is 0.160 e. The van der Waals surface area contributed by atoms with E-state index in [1.54, 1.807) is 14.2 Å². The lowest BCUT2D eigenvalue weighted by atomic mass is 9.95. The molecule has 1 N–H and O–H groups in total. The first-order valence-corrected chi connectivity index (χ1v) is 7.25. The highest BCUT2D eigenvalue weighted by Gasteiger charge is 2.23. The maximum Gasteiger partial charge on any atom is 0.160 e. The number of aliphatic hydroxyl groups is 1. The Kier molecular flexibility index (Phi) is 5.68.